The quantitative estimate of drug-likeness (QED) is 0.444. The number of carboxylic acid groups (broad SMARTS) is 1. The van der Waals surface area contributed by atoms with Crippen LogP contribution in [0.15, 0.2) is 78.9 Å². The molecule has 4 nitrogen and oxygen atoms in total. The maximum atomic E-state index is 12.0. The lowest BCUT2D eigenvalue weighted by Crippen LogP contribution is -2.21. The van der Waals surface area contributed by atoms with Crippen molar-refractivity contribution in [3.63, 3.8) is 0 Å². The van der Waals surface area contributed by atoms with Gasteiger partial charge in [-0.05, 0) is 59.9 Å². The average molecular weight is 420 g/mol. The van der Waals surface area contributed by atoms with Gasteiger partial charge in [-0.3, -0.25) is 4.79 Å². The van der Waals surface area contributed by atoms with E-state index in [0.29, 0.717) is 28.5 Å². The van der Waals surface area contributed by atoms with Gasteiger partial charge in [0.25, 0.3) is 0 Å². The molecular weight excluding hydrogens is 398 g/mol. The first-order valence-electron chi connectivity index (χ1n) is 9.68. The highest BCUT2D eigenvalue weighted by molar-refractivity contribution is 6.30. The second kappa shape index (κ2) is 9.96. The number of carboxylic acids is 1. The summed E-state index contributed by atoms with van der Waals surface area (Å²) in [6.07, 6.45) is 0.408. The van der Waals surface area contributed by atoms with Crippen LogP contribution < -0.4 is 4.74 Å². The molecule has 0 saturated heterocycles. The summed E-state index contributed by atoms with van der Waals surface area (Å²) in [6, 6.07) is 26.0. The number of para-hydroxylation sites is 1. The minimum atomic E-state index is -0.914. The van der Waals surface area contributed by atoms with Crippen LogP contribution in [0.5, 0.6) is 11.5 Å². The van der Waals surface area contributed by atoms with E-state index >= 15 is 0 Å². The Balaban J connectivity index is 1.78. The molecule has 0 aromatic heterocycles. The van der Waals surface area contributed by atoms with Gasteiger partial charge < -0.3 is 9.84 Å². The molecular formula is C25H22ClNO3. The minimum absolute atomic E-state index is 0.257. The normalized spacial score (nSPS) is 13.6. The number of nitriles is 1. The SMILES string of the molecule is CC(C[C@@H](C#N)c1cccc(Oc2ccccc2)c1)C(C(=O)O)c1ccc(Cl)cc1. The van der Waals surface area contributed by atoms with Crippen molar-refractivity contribution in [3.8, 4) is 17.6 Å². The van der Waals surface area contributed by atoms with Crippen molar-refractivity contribution in [1.29, 1.82) is 5.26 Å². The van der Waals surface area contributed by atoms with Crippen molar-refractivity contribution in [2.75, 3.05) is 0 Å². The van der Waals surface area contributed by atoms with E-state index in [0.717, 1.165) is 5.56 Å². The first-order chi connectivity index (χ1) is 14.5. The molecule has 0 aliphatic rings. The Morgan fingerprint density at radius 1 is 1.00 bits per heavy atom. The van der Waals surface area contributed by atoms with Gasteiger partial charge >= 0.3 is 5.97 Å². The third kappa shape index (κ3) is 5.40. The van der Waals surface area contributed by atoms with E-state index < -0.39 is 17.8 Å². The Hall–Kier alpha value is -3.29. The smallest absolute Gasteiger partial charge is 0.311 e. The number of benzene rings is 3. The van der Waals surface area contributed by atoms with Crippen LogP contribution in [0.2, 0.25) is 5.02 Å². The van der Waals surface area contributed by atoms with E-state index in [-0.39, 0.29) is 5.92 Å². The zero-order chi connectivity index (χ0) is 21.5. The summed E-state index contributed by atoms with van der Waals surface area (Å²) < 4.78 is 5.87. The van der Waals surface area contributed by atoms with Crippen LogP contribution in [0.4, 0.5) is 0 Å². The molecule has 152 valence electrons. The maximum Gasteiger partial charge on any atom is 0.311 e. The number of nitrogens with zero attached hydrogens (tertiary/aromatic N) is 1. The Morgan fingerprint density at radius 2 is 1.67 bits per heavy atom. The van der Waals surface area contributed by atoms with Gasteiger partial charge in [-0.15, -0.1) is 0 Å². The van der Waals surface area contributed by atoms with Gasteiger partial charge in [-0.2, -0.15) is 5.26 Å². The van der Waals surface area contributed by atoms with Crippen LogP contribution in [0, 0.1) is 17.2 Å². The lowest BCUT2D eigenvalue weighted by molar-refractivity contribution is -0.140. The fourth-order valence-electron chi connectivity index (χ4n) is 3.58. The number of hydrogen-bond acceptors (Lipinski definition) is 3. The van der Waals surface area contributed by atoms with Crippen LogP contribution in [-0.2, 0) is 4.79 Å². The lowest BCUT2D eigenvalue weighted by atomic mass is 9.80. The third-order valence-corrected chi connectivity index (χ3v) is 5.32. The molecule has 0 saturated carbocycles. The Morgan fingerprint density at radius 3 is 2.30 bits per heavy atom. The monoisotopic (exact) mass is 419 g/mol. The van der Waals surface area contributed by atoms with E-state index in [1.54, 1.807) is 24.3 Å². The van der Waals surface area contributed by atoms with Gasteiger partial charge in [-0.25, -0.2) is 0 Å². The van der Waals surface area contributed by atoms with Crippen LogP contribution in [0.25, 0.3) is 0 Å². The first-order valence-corrected chi connectivity index (χ1v) is 10.1. The predicted octanol–water partition coefficient (Wildman–Crippen LogP) is 6.63. The molecule has 30 heavy (non-hydrogen) atoms. The predicted molar refractivity (Wildman–Crippen MR) is 117 cm³/mol. The maximum absolute atomic E-state index is 12.0. The summed E-state index contributed by atoms with van der Waals surface area (Å²) in [6.45, 7) is 1.86. The van der Waals surface area contributed by atoms with Crippen LogP contribution in [-0.4, -0.2) is 11.1 Å². The number of rotatable bonds is 8. The number of hydrogen-bond donors (Lipinski definition) is 1. The largest absolute Gasteiger partial charge is 0.481 e. The van der Waals surface area contributed by atoms with Crippen LogP contribution in [0.1, 0.15) is 36.3 Å². The summed E-state index contributed by atoms with van der Waals surface area (Å²) in [5.41, 5.74) is 1.48. The Bertz CT molecular complexity index is 1030. The molecule has 5 heteroatoms. The minimum Gasteiger partial charge on any atom is -0.481 e. The van der Waals surface area contributed by atoms with Gasteiger partial charge in [-0.1, -0.05) is 61.0 Å². The molecule has 0 amide bonds. The summed E-state index contributed by atoms with van der Waals surface area (Å²) in [4.78, 5) is 12.0. The van der Waals surface area contributed by atoms with E-state index in [4.69, 9.17) is 16.3 Å². The molecule has 0 fully saturated rings. The highest BCUT2D eigenvalue weighted by Crippen LogP contribution is 2.35. The lowest BCUT2D eigenvalue weighted by Gasteiger charge is -2.23. The Kier molecular flexibility index (Phi) is 7.11. The second-order valence-corrected chi connectivity index (χ2v) is 7.69. The van der Waals surface area contributed by atoms with Crippen molar-refractivity contribution in [1.82, 2.24) is 0 Å². The molecule has 0 heterocycles. The molecule has 0 bridgehead atoms. The van der Waals surface area contributed by atoms with Gasteiger partial charge in [0.05, 0.1) is 17.9 Å². The van der Waals surface area contributed by atoms with Gasteiger partial charge in [0, 0.05) is 5.02 Å². The van der Waals surface area contributed by atoms with E-state index in [2.05, 4.69) is 6.07 Å². The zero-order valence-electron chi connectivity index (χ0n) is 16.5. The summed E-state index contributed by atoms with van der Waals surface area (Å²) >= 11 is 5.93. The molecule has 3 rings (SSSR count). The summed E-state index contributed by atoms with van der Waals surface area (Å²) in [5.74, 6) is -0.991. The van der Waals surface area contributed by atoms with Crippen molar-refractivity contribution >= 4 is 17.6 Å². The second-order valence-electron chi connectivity index (χ2n) is 7.25. The number of aliphatic carboxylic acids is 1. The number of ether oxygens (including phenoxy) is 1. The topological polar surface area (TPSA) is 70.3 Å². The van der Waals surface area contributed by atoms with Crippen LogP contribution >= 0.6 is 11.6 Å². The molecule has 3 atom stereocenters. The van der Waals surface area contributed by atoms with Crippen molar-refractivity contribution < 1.29 is 14.6 Å². The third-order valence-electron chi connectivity index (χ3n) is 5.07. The highest BCUT2D eigenvalue weighted by Gasteiger charge is 2.29. The molecule has 0 spiro atoms. The fourth-order valence-corrected chi connectivity index (χ4v) is 3.70. The molecule has 0 aliphatic carbocycles. The molecule has 0 aliphatic heterocycles. The van der Waals surface area contributed by atoms with Crippen molar-refractivity contribution in [3.05, 3.63) is 95.0 Å². The van der Waals surface area contributed by atoms with Gasteiger partial charge in [0.15, 0.2) is 0 Å². The summed E-state index contributed by atoms with van der Waals surface area (Å²) in [7, 11) is 0. The standard InChI is InChI=1S/C25H22ClNO3/c1-17(24(25(28)29)18-10-12-21(26)13-11-18)14-20(16-27)19-6-5-9-23(15-19)30-22-7-3-2-4-8-22/h2-13,15,17,20,24H,14H2,1H3,(H,28,29)/t17?,20-,24?/m0/s1. The molecule has 0 radical (unpaired) electrons. The molecule has 3 aromatic rings. The van der Waals surface area contributed by atoms with Crippen molar-refractivity contribution in [2.45, 2.75) is 25.2 Å². The van der Waals surface area contributed by atoms with Gasteiger partial charge in [0.2, 0.25) is 0 Å². The first kappa shape index (κ1) is 21.4. The molecule has 1 N–H and O–H groups in total. The highest BCUT2D eigenvalue weighted by atomic mass is 35.5. The number of carbonyl (C=O) groups is 1. The van der Waals surface area contributed by atoms with Crippen LogP contribution in [0.3, 0.4) is 0 Å². The molecule has 2 unspecified atom stereocenters. The van der Waals surface area contributed by atoms with E-state index in [1.807, 2.05) is 61.5 Å². The fraction of sp³-hybridized carbons (Fsp3) is 0.200. The Labute approximate surface area is 181 Å². The van der Waals surface area contributed by atoms with Gasteiger partial charge in [0.1, 0.15) is 11.5 Å². The zero-order valence-corrected chi connectivity index (χ0v) is 17.3. The summed E-state index contributed by atoms with van der Waals surface area (Å²) in [5, 5.41) is 20.1. The average Bonchev–Trinajstić information content (AvgIpc) is 2.74. The number of halogens is 1. The van der Waals surface area contributed by atoms with Crippen molar-refractivity contribution in [2.24, 2.45) is 5.92 Å². The van der Waals surface area contributed by atoms with E-state index in [9.17, 15) is 15.2 Å². The van der Waals surface area contributed by atoms with E-state index in [1.165, 1.54) is 0 Å². The molecule has 3 aromatic carbocycles.